The Hall–Kier alpha value is -1.80. The summed E-state index contributed by atoms with van der Waals surface area (Å²) in [6.07, 6.45) is 1.76. The second-order valence-corrected chi connectivity index (χ2v) is 4.75. The molecule has 2 aromatic heterocycles. The van der Waals surface area contributed by atoms with Crippen LogP contribution >= 0.6 is 11.6 Å². The number of fused-ring (bicyclic) bond motifs is 1. The van der Waals surface area contributed by atoms with Gasteiger partial charge in [0.25, 0.3) is 0 Å². The van der Waals surface area contributed by atoms with Gasteiger partial charge in [-0.05, 0) is 24.6 Å². The van der Waals surface area contributed by atoms with Crippen LogP contribution in [0.4, 0.5) is 0 Å². The van der Waals surface area contributed by atoms with Crippen LogP contribution in [0.3, 0.4) is 0 Å². The number of benzene rings is 1. The van der Waals surface area contributed by atoms with Crippen molar-refractivity contribution in [1.82, 2.24) is 9.55 Å². The van der Waals surface area contributed by atoms with Gasteiger partial charge in [0.1, 0.15) is 5.15 Å². The molecule has 0 aliphatic rings. The highest BCUT2D eigenvalue weighted by Gasteiger charge is 2.08. The summed E-state index contributed by atoms with van der Waals surface area (Å²) in [4.78, 5) is 4.12. The van der Waals surface area contributed by atoms with Gasteiger partial charge in [0, 0.05) is 23.8 Å². The maximum Gasteiger partial charge on any atom is 0.138 e. The number of aryl methyl sites for hydroxylation is 1. The molecule has 0 aliphatic heterocycles. The Labute approximate surface area is 111 Å². The highest BCUT2D eigenvalue weighted by molar-refractivity contribution is 6.34. The van der Waals surface area contributed by atoms with Crippen molar-refractivity contribution in [2.75, 3.05) is 0 Å². The lowest BCUT2D eigenvalue weighted by molar-refractivity contribution is 0.805. The summed E-state index contributed by atoms with van der Waals surface area (Å²) in [5.41, 5.74) is 3.62. The summed E-state index contributed by atoms with van der Waals surface area (Å²) in [5.74, 6) is 0. The molecule has 0 radical (unpaired) electrons. The molecule has 3 aromatic rings. The van der Waals surface area contributed by atoms with E-state index in [1.807, 2.05) is 12.1 Å². The zero-order valence-corrected chi connectivity index (χ0v) is 10.9. The summed E-state index contributed by atoms with van der Waals surface area (Å²) < 4.78 is 2.26. The van der Waals surface area contributed by atoms with Gasteiger partial charge in [0.2, 0.25) is 0 Å². The largest absolute Gasteiger partial charge is 0.340 e. The quantitative estimate of drug-likeness (QED) is 0.633. The summed E-state index contributed by atoms with van der Waals surface area (Å²) in [6.45, 7) is 2.95. The topological polar surface area (TPSA) is 17.8 Å². The van der Waals surface area contributed by atoms with Gasteiger partial charge in [-0.1, -0.05) is 41.9 Å². The van der Waals surface area contributed by atoms with E-state index in [2.05, 4.69) is 46.8 Å². The van der Waals surface area contributed by atoms with Crippen molar-refractivity contribution in [3.63, 3.8) is 0 Å². The smallest absolute Gasteiger partial charge is 0.138 e. The first-order chi connectivity index (χ1) is 8.75. The molecule has 18 heavy (non-hydrogen) atoms. The Balaban J connectivity index is 2.12. The number of rotatable bonds is 2. The SMILES string of the molecule is Cc1cc2c(Cl)nccc2n1Cc1ccccc1. The second-order valence-electron chi connectivity index (χ2n) is 4.39. The molecule has 3 heteroatoms. The predicted octanol–water partition coefficient (Wildman–Crippen LogP) is 4.05. The van der Waals surface area contributed by atoms with Crippen LogP contribution in [0.25, 0.3) is 10.9 Å². The molecule has 2 nitrogen and oxygen atoms in total. The Bertz CT molecular complexity index is 686. The minimum atomic E-state index is 0.572. The van der Waals surface area contributed by atoms with E-state index >= 15 is 0 Å². The van der Waals surface area contributed by atoms with Gasteiger partial charge in [0.05, 0.1) is 5.52 Å². The fraction of sp³-hybridized carbons (Fsp3) is 0.133. The van der Waals surface area contributed by atoms with Gasteiger partial charge in [-0.2, -0.15) is 0 Å². The number of hydrogen-bond donors (Lipinski definition) is 0. The molecule has 0 bridgehead atoms. The van der Waals surface area contributed by atoms with Crippen molar-refractivity contribution >= 4 is 22.5 Å². The van der Waals surface area contributed by atoms with E-state index < -0.39 is 0 Å². The number of halogens is 1. The van der Waals surface area contributed by atoms with Gasteiger partial charge in [-0.3, -0.25) is 0 Å². The van der Waals surface area contributed by atoms with Crippen molar-refractivity contribution in [3.05, 3.63) is 65.1 Å². The van der Waals surface area contributed by atoms with Crippen LogP contribution in [-0.4, -0.2) is 9.55 Å². The molecule has 0 aliphatic carbocycles. The molecule has 0 atom stereocenters. The molecule has 0 saturated heterocycles. The number of nitrogens with zero attached hydrogens (tertiary/aromatic N) is 2. The first-order valence-corrected chi connectivity index (χ1v) is 6.28. The van der Waals surface area contributed by atoms with E-state index in [0.717, 1.165) is 17.4 Å². The summed E-state index contributed by atoms with van der Waals surface area (Å²) >= 11 is 6.12. The van der Waals surface area contributed by atoms with Gasteiger partial charge in [-0.25, -0.2) is 4.98 Å². The van der Waals surface area contributed by atoms with E-state index in [-0.39, 0.29) is 0 Å². The van der Waals surface area contributed by atoms with Crippen LogP contribution in [0.2, 0.25) is 5.15 Å². The van der Waals surface area contributed by atoms with Gasteiger partial charge in [-0.15, -0.1) is 0 Å². The molecule has 2 heterocycles. The Morgan fingerprint density at radius 2 is 1.94 bits per heavy atom. The summed E-state index contributed by atoms with van der Waals surface area (Å²) in [5, 5.41) is 1.59. The molecule has 0 saturated carbocycles. The standard InChI is InChI=1S/C15H13ClN2/c1-11-9-13-14(7-8-17-15(13)16)18(11)10-12-5-3-2-4-6-12/h2-9H,10H2,1H3. The third-order valence-electron chi connectivity index (χ3n) is 3.17. The molecule has 0 amide bonds. The molecular weight excluding hydrogens is 244 g/mol. The Morgan fingerprint density at radius 1 is 1.17 bits per heavy atom. The zero-order chi connectivity index (χ0) is 12.5. The number of pyridine rings is 1. The molecule has 90 valence electrons. The fourth-order valence-electron chi connectivity index (χ4n) is 2.26. The molecule has 0 spiro atoms. The van der Waals surface area contributed by atoms with Crippen LogP contribution in [0.15, 0.2) is 48.7 Å². The van der Waals surface area contributed by atoms with Crippen LogP contribution in [0.5, 0.6) is 0 Å². The molecule has 1 aromatic carbocycles. The molecule has 0 N–H and O–H groups in total. The van der Waals surface area contributed by atoms with E-state index in [1.165, 1.54) is 11.3 Å². The van der Waals surface area contributed by atoms with Crippen LogP contribution in [0, 0.1) is 6.92 Å². The van der Waals surface area contributed by atoms with Gasteiger partial charge in [0.15, 0.2) is 0 Å². The first kappa shape index (κ1) is 11.3. The van der Waals surface area contributed by atoms with Gasteiger partial charge >= 0.3 is 0 Å². The van der Waals surface area contributed by atoms with Crippen molar-refractivity contribution < 1.29 is 0 Å². The van der Waals surface area contributed by atoms with Crippen molar-refractivity contribution in [3.8, 4) is 0 Å². The molecular formula is C15H13ClN2. The maximum atomic E-state index is 6.12. The first-order valence-electron chi connectivity index (χ1n) is 5.90. The lowest BCUT2D eigenvalue weighted by atomic mass is 10.2. The third-order valence-corrected chi connectivity index (χ3v) is 3.47. The van der Waals surface area contributed by atoms with E-state index in [9.17, 15) is 0 Å². The normalized spacial score (nSPS) is 11.0. The minimum absolute atomic E-state index is 0.572. The maximum absolute atomic E-state index is 6.12. The average Bonchev–Trinajstić information content (AvgIpc) is 2.70. The van der Waals surface area contributed by atoms with Crippen LogP contribution in [-0.2, 0) is 6.54 Å². The van der Waals surface area contributed by atoms with E-state index in [4.69, 9.17) is 11.6 Å². The highest BCUT2D eigenvalue weighted by atomic mass is 35.5. The van der Waals surface area contributed by atoms with Crippen LogP contribution < -0.4 is 0 Å². The van der Waals surface area contributed by atoms with Gasteiger partial charge < -0.3 is 4.57 Å². The third kappa shape index (κ3) is 1.89. The van der Waals surface area contributed by atoms with Crippen molar-refractivity contribution in [2.24, 2.45) is 0 Å². The van der Waals surface area contributed by atoms with E-state index in [0.29, 0.717) is 5.15 Å². The van der Waals surface area contributed by atoms with E-state index in [1.54, 1.807) is 6.20 Å². The lowest BCUT2D eigenvalue weighted by Crippen LogP contribution is -2.01. The average molecular weight is 257 g/mol. The Morgan fingerprint density at radius 3 is 2.72 bits per heavy atom. The molecule has 0 fully saturated rings. The second kappa shape index (κ2) is 4.46. The summed E-state index contributed by atoms with van der Waals surface area (Å²) in [7, 11) is 0. The lowest BCUT2D eigenvalue weighted by Gasteiger charge is -2.08. The fourth-order valence-corrected chi connectivity index (χ4v) is 2.47. The minimum Gasteiger partial charge on any atom is -0.340 e. The molecule has 3 rings (SSSR count). The monoisotopic (exact) mass is 256 g/mol. The predicted molar refractivity (Wildman–Crippen MR) is 75.0 cm³/mol. The van der Waals surface area contributed by atoms with Crippen molar-refractivity contribution in [1.29, 1.82) is 0 Å². The zero-order valence-electron chi connectivity index (χ0n) is 10.1. The van der Waals surface area contributed by atoms with Crippen molar-refractivity contribution in [2.45, 2.75) is 13.5 Å². The molecule has 0 unspecified atom stereocenters. The van der Waals surface area contributed by atoms with Crippen LogP contribution in [0.1, 0.15) is 11.3 Å². The highest BCUT2D eigenvalue weighted by Crippen LogP contribution is 2.25. The number of hydrogen-bond acceptors (Lipinski definition) is 1. The summed E-state index contributed by atoms with van der Waals surface area (Å²) in [6, 6.07) is 14.5. The number of aromatic nitrogens is 2. The Kier molecular flexibility index (Phi) is 2.80.